The minimum atomic E-state index is -1.12. The van der Waals surface area contributed by atoms with Crippen molar-refractivity contribution in [2.75, 3.05) is 6.54 Å². The summed E-state index contributed by atoms with van der Waals surface area (Å²) in [7, 11) is 0. The van der Waals surface area contributed by atoms with E-state index >= 15 is 0 Å². The van der Waals surface area contributed by atoms with Crippen molar-refractivity contribution in [2.45, 2.75) is 0 Å². The zero-order valence-electron chi connectivity index (χ0n) is 10.4. The highest BCUT2D eigenvalue weighted by atomic mass is 32.1. The van der Waals surface area contributed by atoms with Crippen LogP contribution in [0.3, 0.4) is 0 Å². The largest absolute Gasteiger partial charge is 0.544 e. The maximum Gasteiger partial charge on any atom is 0.236 e. The average Bonchev–Trinajstić information content (AvgIpc) is 2.90. The average molecular weight is 285 g/mol. The summed E-state index contributed by atoms with van der Waals surface area (Å²) in [5.41, 5.74) is 1.11. The first-order chi connectivity index (χ1) is 9.74. The molecule has 0 saturated carbocycles. The molecular formula is C14H11N3O2S. The Bertz CT molecular complexity index is 755. The Hall–Kier alpha value is -2.31. The molecule has 0 amide bonds. The lowest BCUT2D eigenvalue weighted by Gasteiger charge is -2.00. The number of aliphatic carboxylic acids is 1. The molecule has 0 bridgehead atoms. The molecule has 2 N–H and O–H groups in total. The highest BCUT2D eigenvalue weighted by molar-refractivity contribution is 7.21. The van der Waals surface area contributed by atoms with Gasteiger partial charge in [-0.15, -0.1) is 11.3 Å². The van der Waals surface area contributed by atoms with E-state index in [0.717, 1.165) is 20.7 Å². The molecular weight excluding hydrogens is 274 g/mol. The first-order valence-corrected chi connectivity index (χ1v) is 6.89. The van der Waals surface area contributed by atoms with E-state index in [0.29, 0.717) is 5.82 Å². The van der Waals surface area contributed by atoms with E-state index < -0.39 is 5.97 Å². The van der Waals surface area contributed by atoms with Crippen molar-refractivity contribution in [2.24, 2.45) is 0 Å². The highest BCUT2D eigenvalue weighted by Crippen LogP contribution is 2.33. The summed E-state index contributed by atoms with van der Waals surface area (Å²) in [6.45, 7) is -0.150. The summed E-state index contributed by atoms with van der Waals surface area (Å²) in [5.74, 6) is -0.479. The van der Waals surface area contributed by atoms with E-state index in [-0.39, 0.29) is 6.54 Å². The van der Waals surface area contributed by atoms with Gasteiger partial charge in [-0.3, -0.25) is 5.32 Å². The summed E-state index contributed by atoms with van der Waals surface area (Å²) in [5, 5.41) is 13.0. The van der Waals surface area contributed by atoms with Crippen LogP contribution in [0.5, 0.6) is 0 Å². The second-order valence-corrected chi connectivity index (χ2v) is 5.27. The molecule has 2 aromatic heterocycles. The highest BCUT2D eigenvalue weighted by Gasteiger charge is 2.12. The number of quaternary nitrogens is 1. The zero-order chi connectivity index (χ0) is 13.9. The van der Waals surface area contributed by atoms with E-state index in [4.69, 9.17) is 0 Å². The summed E-state index contributed by atoms with van der Waals surface area (Å²) >= 11 is 1.56. The van der Waals surface area contributed by atoms with Crippen molar-refractivity contribution < 1.29 is 15.2 Å². The summed E-state index contributed by atoms with van der Waals surface area (Å²) in [4.78, 5) is 20.9. The van der Waals surface area contributed by atoms with Gasteiger partial charge in [-0.2, -0.15) is 4.98 Å². The van der Waals surface area contributed by atoms with E-state index in [9.17, 15) is 9.90 Å². The number of nitrogens with two attached hydrogens (primary N) is 1. The standard InChI is InChI=1S/C14H11N3O2S/c18-12(19)7-15-13-10-6-11(9-4-2-1-3-5-9)20-14(10)17-8-16-13/h1-6,8H,7H2,(H,18,19)(H,15,16,17). The molecule has 2 heterocycles. The van der Waals surface area contributed by atoms with Crippen LogP contribution in [-0.2, 0) is 4.79 Å². The number of fused-ring (bicyclic) bond motifs is 1. The van der Waals surface area contributed by atoms with Crippen molar-refractivity contribution in [1.29, 1.82) is 0 Å². The Balaban J connectivity index is 2.02. The first-order valence-electron chi connectivity index (χ1n) is 6.07. The van der Waals surface area contributed by atoms with Crippen LogP contribution in [-0.4, -0.2) is 22.5 Å². The molecule has 3 rings (SSSR count). The van der Waals surface area contributed by atoms with Crippen LogP contribution in [0.2, 0.25) is 0 Å². The number of carbonyl (C=O) groups is 1. The minimum Gasteiger partial charge on any atom is -0.544 e. The fourth-order valence-electron chi connectivity index (χ4n) is 1.96. The number of carbonyl (C=O) groups excluding carboxylic acids is 1. The van der Waals surface area contributed by atoms with E-state index in [1.807, 2.05) is 36.4 Å². The van der Waals surface area contributed by atoms with Crippen LogP contribution in [0, 0.1) is 0 Å². The van der Waals surface area contributed by atoms with Crippen LogP contribution in [0.15, 0.2) is 42.7 Å². The molecule has 0 atom stereocenters. The van der Waals surface area contributed by atoms with Crippen molar-refractivity contribution in [3.05, 3.63) is 42.7 Å². The van der Waals surface area contributed by atoms with Gasteiger partial charge in [-0.1, -0.05) is 30.3 Å². The van der Waals surface area contributed by atoms with Gasteiger partial charge >= 0.3 is 0 Å². The molecule has 5 nitrogen and oxygen atoms in total. The van der Waals surface area contributed by atoms with Crippen LogP contribution < -0.4 is 10.4 Å². The minimum absolute atomic E-state index is 0.150. The second-order valence-electron chi connectivity index (χ2n) is 4.23. The Morgan fingerprint density at radius 3 is 2.80 bits per heavy atom. The third-order valence-corrected chi connectivity index (χ3v) is 3.97. The lowest BCUT2D eigenvalue weighted by Crippen LogP contribution is -2.81. The Labute approximate surface area is 118 Å². The molecule has 20 heavy (non-hydrogen) atoms. The number of nitrogens with zero attached hydrogens (tertiary/aromatic N) is 2. The molecule has 1 aromatic carbocycles. The van der Waals surface area contributed by atoms with Gasteiger partial charge in [0.1, 0.15) is 17.7 Å². The lowest BCUT2D eigenvalue weighted by molar-refractivity contribution is -0.571. The fraction of sp³-hybridized carbons (Fsp3) is 0.0714. The molecule has 0 spiro atoms. The number of hydrogen-bond acceptors (Lipinski definition) is 5. The number of carboxylic acids is 1. The Morgan fingerprint density at radius 1 is 1.25 bits per heavy atom. The number of thiophene rings is 1. The number of hydrogen-bond donors (Lipinski definition) is 1. The second kappa shape index (κ2) is 5.36. The summed E-state index contributed by atoms with van der Waals surface area (Å²) < 4.78 is 0. The van der Waals surface area contributed by atoms with E-state index in [1.165, 1.54) is 6.33 Å². The van der Waals surface area contributed by atoms with Crippen molar-refractivity contribution in [3.8, 4) is 10.4 Å². The Kier molecular flexibility index (Phi) is 3.41. The molecule has 3 aromatic rings. The van der Waals surface area contributed by atoms with Crippen molar-refractivity contribution >= 4 is 33.3 Å². The van der Waals surface area contributed by atoms with E-state index in [1.54, 1.807) is 16.7 Å². The SMILES string of the molecule is O=C([O-])C[NH2+]c1ncnc2sc(-c3ccccc3)cc12. The third kappa shape index (κ3) is 2.52. The predicted molar refractivity (Wildman–Crippen MR) is 74.3 cm³/mol. The molecule has 0 aliphatic rings. The van der Waals surface area contributed by atoms with Crippen LogP contribution in [0.1, 0.15) is 0 Å². The van der Waals surface area contributed by atoms with E-state index in [2.05, 4.69) is 9.97 Å². The number of benzene rings is 1. The van der Waals surface area contributed by atoms with Gasteiger partial charge in [0.25, 0.3) is 0 Å². The van der Waals surface area contributed by atoms with Gasteiger partial charge in [0.2, 0.25) is 5.82 Å². The molecule has 0 aliphatic carbocycles. The maximum absolute atomic E-state index is 10.6. The van der Waals surface area contributed by atoms with Gasteiger partial charge < -0.3 is 9.90 Å². The third-order valence-electron chi connectivity index (χ3n) is 2.88. The number of carboxylic acid groups (broad SMARTS) is 1. The van der Waals surface area contributed by atoms with Crippen LogP contribution in [0.4, 0.5) is 5.82 Å². The monoisotopic (exact) mass is 285 g/mol. The zero-order valence-corrected chi connectivity index (χ0v) is 11.3. The molecule has 0 aliphatic heterocycles. The van der Waals surface area contributed by atoms with Gasteiger partial charge in [0, 0.05) is 4.88 Å². The molecule has 0 unspecified atom stereocenters. The van der Waals surface area contributed by atoms with Crippen molar-refractivity contribution in [3.63, 3.8) is 0 Å². The van der Waals surface area contributed by atoms with Crippen LogP contribution in [0.25, 0.3) is 20.7 Å². The van der Waals surface area contributed by atoms with Crippen molar-refractivity contribution in [1.82, 2.24) is 9.97 Å². The summed E-state index contributed by atoms with van der Waals surface area (Å²) in [6, 6.07) is 12.0. The molecule has 100 valence electrons. The normalized spacial score (nSPS) is 10.8. The maximum atomic E-state index is 10.6. The summed E-state index contributed by atoms with van der Waals surface area (Å²) in [6.07, 6.45) is 1.45. The van der Waals surface area contributed by atoms with Gasteiger partial charge in [0.15, 0.2) is 0 Å². The smallest absolute Gasteiger partial charge is 0.236 e. The van der Waals surface area contributed by atoms with Gasteiger partial charge in [0.05, 0.1) is 11.4 Å². The van der Waals surface area contributed by atoms with Gasteiger partial charge in [-0.05, 0) is 11.6 Å². The first kappa shape index (κ1) is 12.7. The van der Waals surface area contributed by atoms with Gasteiger partial charge in [-0.25, -0.2) is 4.98 Å². The predicted octanol–water partition coefficient (Wildman–Crippen LogP) is 0.303. The van der Waals surface area contributed by atoms with Crippen LogP contribution >= 0.6 is 11.3 Å². The number of rotatable bonds is 4. The fourth-order valence-corrected chi connectivity index (χ4v) is 2.97. The topological polar surface area (TPSA) is 82.5 Å². The quantitative estimate of drug-likeness (QED) is 0.747. The molecule has 0 saturated heterocycles. The molecule has 0 fully saturated rings. The molecule has 6 heteroatoms. The molecule has 0 radical (unpaired) electrons. The number of aromatic nitrogens is 2. The lowest BCUT2D eigenvalue weighted by atomic mass is 10.2. The Morgan fingerprint density at radius 2 is 2.05 bits per heavy atom.